The van der Waals surface area contributed by atoms with E-state index in [1.807, 2.05) is 42.5 Å². The average Bonchev–Trinajstić information content (AvgIpc) is 2.67. The van der Waals surface area contributed by atoms with E-state index in [2.05, 4.69) is 10.6 Å². The van der Waals surface area contributed by atoms with E-state index in [1.54, 1.807) is 6.08 Å². The molecule has 0 bridgehead atoms. The first-order chi connectivity index (χ1) is 13.4. The van der Waals surface area contributed by atoms with E-state index in [1.165, 1.54) is 6.08 Å². The number of nitro benzene ring substituents is 1. The van der Waals surface area contributed by atoms with Gasteiger partial charge in [-0.2, -0.15) is 0 Å². The normalized spacial score (nSPS) is 10.8. The number of non-ortho nitro benzene ring substituents is 1. The van der Waals surface area contributed by atoms with Crippen LogP contribution in [0.15, 0.2) is 66.7 Å². The lowest BCUT2D eigenvalue weighted by atomic mass is 10.0. The molecule has 0 aliphatic rings. The van der Waals surface area contributed by atoms with Crippen LogP contribution in [0, 0.1) is 15.9 Å². The molecule has 3 aromatic rings. The highest BCUT2D eigenvalue weighted by molar-refractivity contribution is 7.80. The van der Waals surface area contributed by atoms with Crippen molar-refractivity contribution < 1.29 is 14.1 Å². The zero-order valence-electron chi connectivity index (χ0n) is 14.4. The Labute approximate surface area is 164 Å². The van der Waals surface area contributed by atoms with E-state index in [-0.39, 0.29) is 16.5 Å². The molecule has 0 atom stereocenters. The molecule has 3 rings (SSSR count). The third-order valence-electron chi connectivity index (χ3n) is 3.88. The molecule has 0 aromatic heterocycles. The average molecular weight is 395 g/mol. The van der Waals surface area contributed by atoms with E-state index >= 15 is 0 Å². The summed E-state index contributed by atoms with van der Waals surface area (Å²) in [6.45, 7) is 0. The predicted molar refractivity (Wildman–Crippen MR) is 110 cm³/mol. The van der Waals surface area contributed by atoms with E-state index in [0.717, 1.165) is 34.5 Å². The first kappa shape index (κ1) is 19.1. The zero-order chi connectivity index (χ0) is 20.1. The van der Waals surface area contributed by atoms with Gasteiger partial charge in [-0.1, -0.05) is 42.5 Å². The van der Waals surface area contributed by atoms with Gasteiger partial charge in [0, 0.05) is 18.2 Å². The number of fused-ring (bicyclic) bond motifs is 1. The van der Waals surface area contributed by atoms with E-state index < -0.39 is 16.6 Å². The Balaban J connectivity index is 1.68. The maximum Gasteiger partial charge on any atom is 0.271 e. The lowest BCUT2D eigenvalue weighted by Gasteiger charge is -2.09. The van der Waals surface area contributed by atoms with Crippen molar-refractivity contribution in [1.82, 2.24) is 5.32 Å². The topological polar surface area (TPSA) is 84.3 Å². The highest BCUT2D eigenvalue weighted by atomic mass is 32.1. The molecule has 0 aliphatic heterocycles. The second kappa shape index (κ2) is 8.36. The van der Waals surface area contributed by atoms with Crippen LogP contribution >= 0.6 is 12.2 Å². The summed E-state index contributed by atoms with van der Waals surface area (Å²) in [5.41, 5.74) is 0.364. The van der Waals surface area contributed by atoms with Gasteiger partial charge in [-0.25, -0.2) is 4.39 Å². The molecule has 140 valence electrons. The van der Waals surface area contributed by atoms with E-state index in [9.17, 15) is 19.3 Å². The molecular formula is C20H14FN3O3S. The summed E-state index contributed by atoms with van der Waals surface area (Å²) in [6.07, 6.45) is 2.95. The standard InChI is InChI=1S/C20H14FN3O3S/c21-17-10-9-15(24(26)27)12-18(17)22-20(28)23-19(25)11-8-14-6-3-5-13-4-1-2-7-16(13)14/h1-12H,(H2,22,23,25,28)/b11-8+. The number of nitrogens with zero attached hydrogens (tertiary/aromatic N) is 1. The first-order valence-corrected chi connectivity index (χ1v) is 8.56. The number of rotatable bonds is 4. The van der Waals surface area contributed by atoms with Crippen LogP contribution in [0.4, 0.5) is 15.8 Å². The Hall–Kier alpha value is -3.65. The summed E-state index contributed by atoms with van der Waals surface area (Å²) in [6, 6.07) is 16.5. The highest BCUT2D eigenvalue weighted by Gasteiger charge is 2.12. The molecule has 0 saturated heterocycles. The maximum absolute atomic E-state index is 13.8. The number of amides is 1. The smallest absolute Gasteiger partial charge is 0.271 e. The molecule has 0 fully saturated rings. The van der Waals surface area contributed by atoms with Crippen LogP contribution in [-0.2, 0) is 4.79 Å². The molecule has 0 heterocycles. The molecule has 0 saturated carbocycles. The quantitative estimate of drug-likeness (QED) is 0.296. The molecule has 2 N–H and O–H groups in total. The van der Waals surface area contributed by atoms with E-state index in [0.29, 0.717) is 0 Å². The van der Waals surface area contributed by atoms with Crippen molar-refractivity contribution in [3.05, 3.63) is 88.2 Å². The number of carbonyl (C=O) groups is 1. The number of hydrogen-bond acceptors (Lipinski definition) is 4. The van der Waals surface area contributed by atoms with Crippen LogP contribution < -0.4 is 10.6 Å². The number of hydrogen-bond donors (Lipinski definition) is 2. The van der Waals surface area contributed by atoms with Crippen LogP contribution in [0.25, 0.3) is 16.8 Å². The molecular weight excluding hydrogens is 381 g/mol. The molecule has 1 amide bonds. The third-order valence-corrected chi connectivity index (χ3v) is 4.09. The van der Waals surface area contributed by atoms with Gasteiger partial charge in [0.2, 0.25) is 5.91 Å². The largest absolute Gasteiger partial charge is 0.330 e. The summed E-state index contributed by atoms with van der Waals surface area (Å²) in [5.74, 6) is -1.25. The molecule has 0 spiro atoms. The van der Waals surface area contributed by atoms with Gasteiger partial charge in [0.1, 0.15) is 5.82 Å². The summed E-state index contributed by atoms with van der Waals surface area (Å²) >= 11 is 4.98. The van der Waals surface area contributed by atoms with Crippen molar-refractivity contribution in [1.29, 1.82) is 0 Å². The monoisotopic (exact) mass is 395 g/mol. The minimum Gasteiger partial charge on any atom is -0.330 e. The highest BCUT2D eigenvalue weighted by Crippen LogP contribution is 2.21. The van der Waals surface area contributed by atoms with Crippen molar-refractivity contribution in [3.8, 4) is 0 Å². The van der Waals surface area contributed by atoms with Gasteiger partial charge in [-0.05, 0) is 40.7 Å². The minimum atomic E-state index is -0.728. The number of thiocarbonyl (C=S) groups is 1. The SMILES string of the molecule is O=C(/C=C/c1cccc2ccccc12)NC(=S)Nc1cc([N+](=O)[O-])ccc1F. The predicted octanol–water partition coefficient (Wildman–Crippen LogP) is 4.41. The zero-order valence-corrected chi connectivity index (χ0v) is 15.2. The summed E-state index contributed by atoms with van der Waals surface area (Å²) < 4.78 is 13.8. The van der Waals surface area contributed by atoms with Gasteiger partial charge < -0.3 is 5.32 Å². The minimum absolute atomic E-state index is 0.174. The molecule has 6 nitrogen and oxygen atoms in total. The molecule has 0 unspecified atom stereocenters. The summed E-state index contributed by atoms with van der Waals surface area (Å²) in [7, 11) is 0. The second-order valence-electron chi connectivity index (χ2n) is 5.77. The Morgan fingerprint density at radius 3 is 2.64 bits per heavy atom. The Morgan fingerprint density at radius 1 is 1.11 bits per heavy atom. The van der Waals surface area contributed by atoms with Crippen molar-refractivity contribution in [3.63, 3.8) is 0 Å². The van der Waals surface area contributed by atoms with Crippen LogP contribution in [0.3, 0.4) is 0 Å². The van der Waals surface area contributed by atoms with Gasteiger partial charge in [0.05, 0.1) is 10.6 Å². The van der Waals surface area contributed by atoms with Crippen LogP contribution in [0.5, 0.6) is 0 Å². The number of nitrogens with one attached hydrogen (secondary N) is 2. The third kappa shape index (κ3) is 4.54. The Morgan fingerprint density at radius 2 is 1.86 bits per heavy atom. The lowest BCUT2D eigenvalue weighted by molar-refractivity contribution is -0.384. The molecule has 0 radical (unpaired) electrons. The fourth-order valence-corrected chi connectivity index (χ4v) is 2.80. The number of benzene rings is 3. The van der Waals surface area contributed by atoms with E-state index in [4.69, 9.17) is 12.2 Å². The van der Waals surface area contributed by atoms with Gasteiger partial charge in [-0.15, -0.1) is 0 Å². The lowest BCUT2D eigenvalue weighted by Crippen LogP contribution is -2.33. The molecule has 3 aromatic carbocycles. The molecule has 28 heavy (non-hydrogen) atoms. The maximum atomic E-state index is 13.8. The Bertz CT molecular complexity index is 1110. The summed E-state index contributed by atoms with van der Waals surface area (Å²) in [5, 5.41) is 17.5. The van der Waals surface area contributed by atoms with Crippen molar-refractivity contribution in [2.75, 3.05) is 5.32 Å². The van der Waals surface area contributed by atoms with Crippen molar-refractivity contribution >= 4 is 51.5 Å². The van der Waals surface area contributed by atoms with Gasteiger partial charge >= 0.3 is 0 Å². The van der Waals surface area contributed by atoms with Crippen LogP contribution in [0.1, 0.15) is 5.56 Å². The second-order valence-corrected chi connectivity index (χ2v) is 6.17. The molecule has 0 aliphatic carbocycles. The number of carbonyl (C=O) groups excluding carboxylic acids is 1. The van der Waals surface area contributed by atoms with Crippen LogP contribution in [-0.4, -0.2) is 15.9 Å². The Kier molecular flexibility index (Phi) is 5.71. The van der Waals surface area contributed by atoms with Crippen molar-refractivity contribution in [2.45, 2.75) is 0 Å². The van der Waals surface area contributed by atoms with Crippen molar-refractivity contribution in [2.24, 2.45) is 0 Å². The summed E-state index contributed by atoms with van der Waals surface area (Å²) in [4.78, 5) is 22.2. The fraction of sp³-hybridized carbons (Fsp3) is 0. The fourth-order valence-electron chi connectivity index (χ4n) is 2.59. The van der Waals surface area contributed by atoms with Gasteiger partial charge in [0.15, 0.2) is 5.11 Å². The first-order valence-electron chi connectivity index (χ1n) is 8.16. The molecule has 8 heteroatoms. The van der Waals surface area contributed by atoms with Gasteiger partial charge in [-0.3, -0.25) is 20.2 Å². The van der Waals surface area contributed by atoms with Crippen LogP contribution in [0.2, 0.25) is 0 Å². The number of nitro groups is 1. The number of anilines is 1. The van der Waals surface area contributed by atoms with Gasteiger partial charge in [0.25, 0.3) is 5.69 Å². The number of halogens is 1.